The topological polar surface area (TPSA) is 39.1 Å². The average Bonchev–Trinajstić information content (AvgIpc) is 2.88. The van der Waals surface area contributed by atoms with Gasteiger partial charge in [-0.3, -0.25) is 4.68 Å². The van der Waals surface area contributed by atoms with Crippen molar-refractivity contribution in [2.45, 2.75) is 17.5 Å². The Morgan fingerprint density at radius 3 is 2.81 bits per heavy atom. The highest BCUT2D eigenvalue weighted by molar-refractivity contribution is 9.10. The summed E-state index contributed by atoms with van der Waals surface area (Å²) in [4.78, 5) is 1.27. The van der Waals surface area contributed by atoms with Crippen LogP contribution in [0, 0.1) is 0 Å². The minimum Gasteiger partial charge on any atom is -0.383 e. The zero-order valence-electron chi connectivity index (χ0n) is 12.3. The molecule has 0 fully saturated rings. The van der Waals surface area contributed by atoms with Crippen molar-refractivity contribution in [3.63, 3.8) is 0 Å². The Morgan fingerprint density at radius 1 is 1.38 bits per heavy atom. The third-order valence-corrected chi connectivity index (χ3v) is 4.90. The van der Waals surface area contributed by atoms with Gasteiger partial charge in [0.25, 0.3) is 0 Å². The Morgan fingerprint density at radius 2 is 2.14 bits per heavy atom. The SMILES string of the molecule is CNC(CSc1ccccc1)c1c(Br)cnn1CCOC. The Balaban J connectivity index is 2.08. The van der Waals surface area contributed by atoms with Gasteiger partial charge in [0, 0.05) is 17.8 Å². The largest absolute Gasteiger partial charge is 0.383 e. The molecule has 0 saturated carbocycles. The lowest BCUT2D eigenvalue weighted by atomic mass is 10.2. The fraction of sp³-hybridized carbons (Fsp3) is 0.400. The van der Waals surface area contributed by atoms with E-state index in [-0.39, 0.29) is 6.04 Å². The molecule has 0 aliphatic heterocycles. The van der Waals surface area contributed by atoms with Gasteiger partial charge in [-0.15, -0.1) is 11.8 Å². The number of hydrogen-bond donors (Lipinski definition) is 1. The first-order valence-electron chi connectivity index (χ1n) is 6.81. The number of thioether (sulfide) groups is 1. The minimum atomic E-state index is 0.226. The Kier molecular flexibility index (Phi) is 6.76. The number of benzene rings is 1. The summed E-state index contributed by atoms with van der Waals surface area (Å²) in [5.41, 5.74) is 1.16. The van der Waals surface area contributed by atoms with Crippen LogP contribution in [0.3, 0.4) is 0 Å². The number of rotatable bonds is 8. The van der Waals surface area contributed by atoms with Crippen LogP contribution in [0.25, 0.3) is 0 Å². The maximum absolute atomic E-state index is 5.15. The van der Waals surface area contributed by atoms with Gasteiger partial charge in [-0.1, -0.05) is 18.2 Å². The van der Waals surface area contributed by atoms with E-state index in [0.29, 0.717) is 6.61 Å². The average molecular weight is 370 g/mol. The summed E-state index contributed by atoms with van der Waals surface area (Å²) < 4.78 is 8.19. The van der Waals surface area contributed by atoms with E-state index in [2.05, 4.69) is 50.6 Å². The first-order chi connectivity index (χ1) is 10.3. The lowest BCUT2D eigenvalue weighted by molar-refractivity contribution is 0.182. The van der Waals surface area contributed by atoms with Gasteiger partial charge >= 0.3 is 0 Å². The van der Waals surface area contributed by atoms with Crippen molar-refractivity contribution in [2.75, 3.05) is 26.5 Å². The molecule has 1 heterocycles. The zero-order valence-corrected chi connectivity index (χ0v) is 14.7. The van der Waals surface area contributed by atoms with Gasteiger partial charge in [-0.05, 0) is 35.1 Å². The number of ether oxygens (including phenoxy) is 1. The summed E-state index contributed by atoms with van der Waals surface area (Å²) in [5, 5.41) is 7.80. The first-order valence-corrected chi connectivity index (χ1v) is 8.59. The summed E-state index contributed by atoms with van der Waals surface area (Å²) in [7, 11) is 3.69. The molecule has 1 atom stereocenters. The van der Waals surface area contributed by atoms with Crippen LogP contribution in [0.2, 0.25) is 0 Å². The molecule has 0 saturated heterocycles. The smallest absolute Gasteiger partial charge is 0.0705 e. The van der Waals surface area contributed by atoms with Crippen LogP contribution in [0.4, 0.5) is 0 Å². The predicted octanol–water partition coefficient (Wildman–Crippen LogP) is 3.34. The quantitative estimate of drug-likeness (QED) is 0.724. The standard InChI is InChI=1S/C15H20BrN3OS/c1-17-14(11-21-12-6-4-3-5-7-12)15-13(16)10-18-19(15)8-9-20-2/h3-7,10,14,17H,8-9,11H2,1-2H3. The van der Waals surface area contributed by atoms with E-state index in [0.717, 1.165) is 22.5 Å². The van der Waals surface area contributed by atoms with E-state index < -0.39 is 0 Å². The highest BCUT2D eigenvalue weighted by atomic mass is 79.9. The third kappa shape index (κ3) is 4.57. The molecular formula is C15H20BrN3OS. The van der Waals surface area contributed by atoms with Crippen LogP contribution in [-0.4, -0.2) is 36.3 Å². The van der Waals surface area contributed by atoms with Crippen molar-refractivity contribution >= 4 is 27.7 Å². The van der Waals surface area contributed by atoms with E-state index in [4.69, 9.17) is 4.74 Å². The van der Waals surface area contributed by atoms with Crippen LogP contribution >= 0.6 is 27.7 Å². The molecule has 0 aliphatic rings. The molecule has 4 nitrogen and oxygen atoms in total. The molecule has 0 spiro atoms. The van der Waals surface area contributed by atoms with E-state index in [9.17, 15) is 0 Å². The molecule has 114 valence electrons. The second-order valence-electron chi connectivity index (χ2n) is 4.56. The summed E-state index contributed by atoms with van der Waals surface area (Å²) in [6.07, 6.45) is 1.85. The van der Waals surface area contributed by atoms with Crippen LogP contribution in [0.1, 0.15) is 11.7 Å². The van der Waals surface area contributed by atoms with Gasteiger partial charge in [0.05, 0.1) is 35.6 Å². The van der Waals surface area contributed by atoms with Crippen LogP contribution in [-0.2, 0) is 11.3 Å². The van der Waals surface area contributed by atoms with Gasteiger partial charge in [-0.2, -0.15) is 5.10 Å². The van der Waals surface area contributed by atoms with Crippen molar-refractivity contribution in [1.82, 2.24) is 15.1 Å². The van der Waals surface area contributed by atoms with Crippen molar-refractivity contribution < 1.29 is 4.74 Å². The lowest BCUT2D eigenvalue weighted by Gasteiger charge is -2.18. The molecule has 0 aliphatic carbocycles. The molecule has 1 N–H and O–H groups in total. The van der Waals surface area contributed by atoms with Gasteiger partial charge in [0.1, 0.15) is 0 Å². The molecule has 21 heavy (non-hydrogen) atoms. The molecule has 0 radical (unpaired) electrons. The number of nitrogens with zero attached hydrogens (tertiary/aromatic N) is 2. The fourth-order valence-electron chi connectivity index (χ4n) is 2.07. The fourth-order valence-corrected chi connectivity index (χ4v) is 3.68. The van der Waals surface area contributed by atoms with Crippen LogP contribution < -0.4 is 5.32 Å². The maximum Gasteiger partial charge on any atom is 0.0705 e. The summed E-state index contributed by atoms with van der Waals surface area (Å²) >= 11 is 5.44. The monoisotopic (exact) mass is 369 g/mol. The highest BCUT2D eigenvalue weighted by Crippen LogP contribution is 2.28. The molecule has 1 aromatic heterocycles. The van der Waals surface area contributed by atoms with Gasteiger partial charge in [-0.25, -0.2) is 0 Å². The summed E-state index contributed by atoms with van der Waals surface area (Å²) in [5.74, 6) is 0.942. The van der Waals surface area contributed by atoms with E-state index in [1.807, 2.05) is 35.8 Å². The van der Waals surface area contributed by atoms with E-state index >= 15 is 0 Å². The molecule has 6 heteroatoms. The second-order valence-corrected chi connectivity index (χ2v) is 6.51. The Bertz CT molecular complexity index is 547. The maximum atomic E-state index is 5.15. The number of halogens is 1. The van der Waals surface area contributed by atoms with Crippen molar-refractivity contribution in [3.8, 4) is 0 Å². The molecule has 1 unspecified atom stereocenters. The first kappa shape index (κ1) is 16.5. The van der Waals surface area contributed by atoms with Crippen LogP contribution in [0.15, 0.2) is 45.9 Å². The van der Waals surface area contributed by atoms with Crippen molar-refractivity contribution in [2.24, 2.45) is 0 Å². The van der Waals surface area contributed by atoms with Gasteiger partial charge in [0.15, 0.2) is 0 Å². The lowest BCUT2D eigenvalue weighted by Crippen LogP contribution is -2.23. The van der Waals surface area contributed by atoms with E-state index in [1.54, 1.807) is 7.11 Å². The summed E-state index contributed by atoms with van der Waals surface area (Å²) in [6, 6.07) is 10.7. The number of hydrogen-bond acceptors (Lipinski definition) is 4. The number of nitrogens with one attached hydrogen (secondary N) is 1. The minimum absolute atomic E-state index is 0.226. The molecular weight excluding hydrogens is 350 g/mol. The van der Waals surface area contributed by atoms with E-state index in [1.165, 1.54) is 4.90 Å². The van der Waals surface area contributed by atoms with Crippen molar-refractivity contribution in [1.29, 1.82) is 0 Å². The van der Waals surface area contributed by atoms with Gasteiger partial charge < -0.3 is 10.1 Å². The number of aromatic nitrogens is 2. The Hall–Kier alpha value is -0.820. The molecule has 0 amide bonds. The van der Waals surface area contributed by atoms with Crippen molar-refractivity contribution in [3.05, 3.63) is 46.7 Å². The third-order valence-electron chi connectivity index (χ3n) is 3.18. The number of methoxy groups -OCH3 is 1. The molecule has 0 bridgehead atoms. The molecule has 1 aromatic carbocycles. The zero-order chi connectivity index (χ0) is 15.1. The normalized spacial score (nSPS) is 12.5. The second kappa shape index (κ2) is 8.58. The van der Waals surface area contributed by atoms with Gasteiger partial charge in [0.2, 0.25) is 0 Å². The predicted molar refractivity (Wildman–Crippen MR) is 90.8 cm³/mol. The van der Waals surface area contributed by atoms with Crippen LogP contribution in [0.5, 0.6) is 0 Å². The molecule has 2 aromatic rings. The highest BCUT2D eigenvalue weighted by Gasteiger charge is 2.19. The summed E-state index contributed by atoms with van der Waals surface area (Å²) in [6.45, 7) is 1.41. The Labute approximate surface area is 138 Å². The molecule has 2 rings (SSSR count).